The Kier molecular flexibility index (Phi) is 5.17. The largest absolute Gasteiger partial charge is 0.416 e. The SMILES string of the molecule is Cc1nc(N[C@H](C)c2cc(N)cc(C(F)(F)F)c2)c2cc(N3CCCC3)[c]cc2n1. The molecule has 2 heterocycles. The van der Waals surface area contributed by atoms with Crippen LogP contribution in [-0.2, 0) is 6.18 Å². The van der Waals surface area contributed by atoms with Gasteiger partial charge in [0.25, 0.3) is 0 Å². The third kappa shape index (κ3) is 4.13. The van der Waals surface area contributed by atoms with Crippen LogP contribution >= 0.6 is 0 Å². The molecule has 0 aliphatic carbocycles. The minimum Gasteiger partial charge on any atom is -0.399 e. The predicted octanol–water partition coefficient (Wildman–Crippen LogP) is 5.11. The summed E-state index contributed by atoms with van der Waals surface area (Å²) in [6.45, 7) is 5.54. The number of aryl methyl sites for hydroxylation is 1. The quantitative estimate of drug-likeness (QED) is 0.581. The molecule has 0 saturated carbocycles. The van der Waals surface area contributed by atoms with Gasteiger partial charge in [0.1, 0.15) is 11.6 Å². The first-order chi connectivity index (χ1) is 14.2. The van der Waals surface area contributed by atoms with Crippen molar-refractivity contribution >= 4 is 28.1 Å². The van der Waals surface area contributed by atoms with Crippen LogP contribution in [0.2, 0.25) is 0 Å². The van der Waals surface area contributed by atoms with E-state index in [2.05, 4.69) is 26.3 Å². The van der Waals surface area contributed by atoms with Gasteiger partial charge in [-0.15, -0.1) is 0 Å². The average molecular weight is 414 g/mol. The average Bonchev–Trinajstić information content (AvgIpc) is 3.21. The van der Waals surface area contributed by atoms with Crippen LogP contribution in [0, 0.1) is 13.0 Å². The van der Waals surface area contributed by atoms with Crippen molar-refractivity contribution < 1.29 is 13.2 Å². The van der Waals surface area contributed by atoms with Crippen LogP contribution in [0.15, 0.2) is 30.3 Å². The summed E-state index contributed by atoms with van der Waals surface area (Å²) < 4.78 is 39.6. The van der Waals surface area contributed by atoms with Gasteiger partial charge in [0, 0.05) is 35.9 Å². The summed E-state index contributed by atoms with van der Waals surface area (Å²) in [4.78, 5) is 11.3. The zero-order valence-electron chi connectivity index (χ0n) is 16.8. The second-order valence-corrected chi connectivity index (χ2v) is 7.68. The highest BCUT2D eigenvalue weighted by Crippen LogP contribution is 2.34. The monoisotopic (exact) mass is 414 g/mol. The molecule has 1 radical (unpaired) electrons. The topological polar surface area (TPSA) is 67.1 Å². The van der Waals surface area contributed by atoms with E-state index in [9.17, 15) is 13.2 Å². The minimum absolute atomic E-state index is 0.0723. The Morgan fingerprint density at radius 1 is 1.13 bits per heavy atom. The molecule has 0 amide bonds. The number of nitrogens with one attached hydrogen (secondary N) is 1. The Morgan fingerprint density at radius 3 is 2.57 bits per heavy atom. The molecule has 30 heavy (non-hydrogen) atoms. The summed E-state index contributed by atoms with van der Waals surface area (Å²) in [5.41, 5.74) is 7.19. The number of fused-ring (bicyclic) bond motifs is 1. The third-order valence-electron chi connectivity index (χ3n) is 5.33. The van der Waals surface area contributed by atoms with Crippen LogP contribution in [0.4, 0.5) is 30.4 Å². The molecule has 157 valence electrons. The van der Waals surface area contributed by atoms with E-state index in [1.165, 1.54) is 0 Å². The van der Waals surface area contributed by atoms with Crippen molar-refractivity contribution in [3.8, 4) is 0 Å². The van der Waals surface area contributed by atoms with Gasteiger partial charge in [-0.3, -0.25) is 0 Å². The molecule has 5 nitrogen and oxygen atoms in total. The van der Waals surface area contributed by atoms with Gasteiger partial charge in [-0.1, -0.05) is 0 Å². The third-order valence-corrected chi connectivity index (χ3v) is 5.33. The number of aromatic nitrogens is 2. The fourth-order valence-corrected chi connectivity index (χ4v) is 3.81. The molecule has 1 atom stereocenters. The maximum absolute atomic E-state index is 13.2. The standard InChI is InChI=1S/C22H23F3N5/c1-13(15-9-16(22(23,24)25)11-17(26)10-15)27-21-19-12-18(30-7-3-4-8-30)5-6-20(19)28-14(2)29-21/h6,9-13H,3-4,7-8,26H2,1-2H3,(H,27,28,29)/t13-/m1/s1. The Morgan fingerprint density at radius 2 is 1.87 bits per heavy atom. The number of hydrogen-bond acceptors (Lipinski definition) is 5. The summed E-state index contributed by atoms with van der Waals surface area (Å²) in [7, 11) is 0. The van der Waals surface area contributed by atoms with Crippen molar-refractivity contribution in [3.05, 3.63) is 53.3 Å². The van der Waals surface area contributed by atoms with Crippen LogP contribution in [0.3, 0.4) is 0 Å². The molecular formula is C22H23F3N5. The second-order valence-electron chi connectivity index (χ2n) is 7.68. The second kappa shape index (κ2) is 7.66. The number of rotatable bonds is 4. The van der Waals surface area contributed by atoms with E-state index >= 15 is 0 Å². The van der Waals surface area contributed by atoms with Crippen molar-refractivity contribution in [2.75, 3.05) is 29.0 Å². The van der Waals surface area contributed by atoms with Crippen molar-refractivity contribution in [2.45, 2.75) is 38.9 Å². The highest BCUT2D eigenvalue weighted by molar-refractivity contribution is 5.91. The summed E-state index contributed by atoms with van der Waals surface area (Å²) in [5, 5.41) is 4.07. The molecule has 1 aromatic heterocycles. The van der Waals surface area contributed by atoms with E-state index in [1.54, 1.807) is 19.9 Å². The maximum atomic E-state index is 13.2. The van der Waals surface area contributed by atoms with Crippen molar-refractivity contribution in [2.24, 2.45) is 0 Å². The van der Waals surface area contributed by atoms with Gasteiger partial charge in [-0.2, -0.15) is 13.2 Å². The summed E-state index contributed by atoms with van der Waals surface area (Å²) in [6, 6.07) is 10.3. The number of alkyl halides is 3. The van der Waals surface area contributed by atoms with Gasteiger partial charge in [-0.25, -0.2) is 9.97 Å². The molecule has 1 aliphatic rings. The maximum Gasteiger partial charge on any atom is 0.416 e. The Hall–Kier alpha value is -3.03. The lowest BCUT2D eigenvalue weighted by atomic mass is 10.0. The number of nitrogen functional groups attached to an aromatic ring is 1. The molecule has 3 N–H and O–H groups in total. The molecule has 2 aromatic carbocycles. The Bertz CT molecular complexity index is 1070. The molecule has 4 rings (SSSR count). The van der Waals surface area contributed by atoms with E-state index in [0.717, 1.165) is 54.7 Å². The smallest absolute Gasteiger partial charge is 0.399 e. The van der Waals surface area contributed by atoms with E-state index in [0.29, 0.717) is 17.2 Å². The first-order valence-electron chi connectivity index (χ1n) is 9.90. The lowest BCUT2D eigenvalue weighted by Gasteiger charge is -2.21. The molecule has 0 bridgehead atoms. The zero-order chi connectivity index (χ0) is 21.5. The van der Waals surface area contributed by atoms with Crippen LogP contribution in [0.5, 0.6) is 0 Å². The highest BCUT2D eigenvalue weighted by atomic mass is 19.4. The lowest BCUT2D eigenvalue weighted by Crippen LogP contribution is -2.17. The van der Waals surface area contributed by atoms with Gasteiger partial charge < -0.3 is 16.0 Å². The van der Waals surface area contributed by atoms with E-state index in [1.807, 2.05) is 12.1 Å². The van der Waals surface area contributed by atoms with Crippen LogP contribution in [0.1, 0.15) is 42.8 Å². The van der Waals surface area contributed by atoms with Gasteiger partial charge in [0.05, 0.1) is 17.1 Å². The summed E-state index contributed by atoms with van der Waals surface area (Å²) in [6.07, 6.45) is -2.16. The molecule has 8 heteroatoms. The molecule has 0 unspecified atom stereocenters. The fraction of sp³-hybridized carbons (Fsp3) is 0.364. The Balaban J connectivity index is 1.70. The van der Waals surface area contributed by atoms with Crippen LogP contribution in [-0.4, -0.2) is 23.1 Å². The first-order valence-corrected chi connectivity index (χ1v) is 9.90. The van der Waals surface area contributed by atoms with Crippen LogP contribution < -0.4 is 16.0 Å². The molecular weight excluding hydrogens is 391 g/mol. The first kappa shape index (κ1) is 20.3. The fourth-order valence-electron chi connectivity index (χ4n) is 3.81. The molecule has 1 aliphatic heterocycles. The summed E-state index contributed by atoms with van der Waals surface area (Å²) >= 11 is 0. The number of nitrogens with zero attached hydrogens (tertiary/aromatic N) is 3. The molecule has 1 saturated heterocycles. The number of halogens is 3. The number of benzene rings is 2. The lowest BCUT2D eigenvalue weighted by molar-refractivity contribution is -0.137. The molecule has 0 spiro atoms. The zero-order valence-corrected chi connectivity index (χ0v) is 16.8. The van der Waals surface area contributed by atoms with Gasteiger partial charge in [0.2, 0.25) is 0 Å². The van der Waals surface area contributed by atoms with Gasteiger partial charge in [-0.05, 0) is 62.6 Å². The van der Waals surface area contributed by atoms with Crippen molar-refractivity contribution in [3.63, 3.8) is 0 Å². The summed E-state index contributed by atoms with van der Waals surface area (Å²) in [5.74, 6) is 1.15. The normalized spacial score (nSPS) is 15.6. The number of hydrogen-bond donors (Lipinski definition) is 2. The molecule has 1 fully saturated rings. The van der Waals surface area contributed by atoms with Crippen molar-refractivity contribution in [1.29, 1.82) is 0 Å². The van der Waals surface area contributed by atoms with Gasteiger partial charge >= 0.3 is 6.18 Å². The van der Waals surface area contributed by atoms with Crippen molar-refractivity contribution in [1.82, 2.24) is 9.97 Å². The van der Waals surface area contributed by atoms with Crippen LogP contribution in [0.25, 0.3) is 10.9 Å². The Labute approximate surface area is 173 Å². The van der Waals surface area contributed by atoms with E-state index < -0.39 is 17.8 Å². The molecule has 3 aromatic rings. The number of nitrogens with two attached hydrogens (primary N) is 1. The number of anilines is 3. The predicted molar refractivity (Wildman–Crippen MR) is 112 cm³/mol. The van der Waals surface area contributed by atoms with Gasteiger partial charge in [0.15, 0.2) is 0 Å². The van der Waals surface area contributed by atoms with E-state index in [-0.39, 0.29) is 5.69 Å². The minimum atomic E-state index is -4.46. The van der Waals surface area contributed by atoms with E-state index in [4.69, 9.17) is 5.73 Å². The highest BCUT2D eigenvalue weighted by Gasteiger charge is 2.31.